The molecular weight excluding hydrogens is 373 g/mol. The van der Waals surface area contributed by atoms with E-state index in [9.17, 15) is 32.7 Å². The van der Waals surface area contributed by atoms with Gasteiger partial charge in [-0.1, -0.05) is 0 Å². The Hall–Kier alpha value is -2.04. The summed E-state index contributed by atoms with van der Waals surface area (Å²) in [7, 11) is 0. The van der Waals surface area contributed by atoms with Crippen molar-refractivity contribution < 1.29 is 42.1 Å². The van der Waals surface area contributed by atoms with Crippen LogP contribution in [0.25, 0.3) is 0 Å². The predicted octanol–water partition coefficient (Wildman–Crippen LogP) is 2.40. The van der Waals surface area contributed by atoms with Gasteiger partial charge < -0.3 is 14.6 Å². The van der Waals surface area contributed by atoms with Crippen LogP contribution in [0.3, 0.4) is 0 Å². The molecule has 1 N–H and O–H groups in total. The molecule has 1 saturated heterocycles. The molecule has 1 aliphatic heterocycles. The molecule has 154 valence electrons. The first-order valence-corrected chi connectivity index (χ1v) is 8.55. The van der Waals surface area contributed by atoms with E-state index in [1.807, 2.05) is 0 Å². The summed E-state index contributed by atoms with van der Waals surface area (Å²) in [4.78, 5) is 38.9. The Balaban J connectivity index is 2.30. The standard InChI is InChI=1S/C16H23F3N2O6/c1-14(2,3)26-12(24)20-8-9-21(13(25)27-16(17,18)19)15(11(20)23)6-4-10(22)5-7-15/h10,22H,4-9H2,1-3H3. The van der Waals surface area contributed by atoms with E-state index < -0.39 is 41.7 Å². The predicted molar refractivity (Wildman–Crippen MR) is 84.4 cm³/mol. The highest BCUT2D eigenvalue weighted by molar-refractivity contribution is 6.00. The summed E-state index contributed by atoms with van der Waals surface area (Å²) in [5, 5.41) is 9.72. The van der Waals surface area contributed by atoms with Gasteiger partial charge in [-0.25, -0.2) is 14.5 Å². The van der Waals surface area contributed by atoms with Crippen LogP contribution >= 0.6 is 0 Å². The summed E-state index contributed by atoms with van der Waals surface area (Å²) in [5.74, 6) is -0.825. The van der Waals surface area contributed by atoms with Gasteiger partial charge in [0.1, 0.15) is 11.1 Å². The van der Waals surface area contributed by atoms with Crippen molar-refractivity contribution in [3.8, 4) is 0 Å². The lowest BCUT2D eigenvalue weighted by Crippen LogP contribution is -2.69. The molecule has 0 radical (unpaired) electrons. The molecule has 0 unspecified atom stereocenters. The third kappa shape index (κ3) is 4.82. The first kappa shape index (κ1) is 21.3. The van der Waals surface area contributed by atoms with E-state index in [1.165, 1.54) is 0 Å². The van der Waals surface area contributed by atoms with Crippen LogP contribution in [0.4, 0.5) is 22.8 Å². The van der Waals surface area contributed by atoms with Crippen LogP contribution in [0.2, 0.25) is 0 Å². The number of alkyl halides is 3. The molecule has 0 atom stereocenters. The molecule has 3 amide bonds. The fraction of sp³-hybridized carbons (Fsp3) is 0.812. The van der Waals surface area contributed by atoms with Crippen molar-refractivity contribution in [3.63, 3.8) is 0 Å². The minimum absolute atomic E-state index is 0.0841. The number of carbonyl (C=O) groups is 3. The van der Waals surface area contributed by atoms with Crippen LogP contribution in [0, 0.1) is 0 Å². The molecule has 8 nitrogen and oxygen atoms in total. The largest absolute Gasteiger partial charge is 0.576 e. The number of ether oxygens (including phenoxy) is 2. The average Bonchev–Trinajstić information content (AvgIpc) is 2.48. The molecule has 2 fully saturated rings. The van der Waals surface area contributed by atoms with Gasteiger partial charge in [-0.2, -0.15) is 0 Å². The van der Waals surface area contributed by atoms with E-state index in [0.29, 0.717) is 0 Å². The molecule has 0 aromatic carbocycles. The van der Waals surface area contributed by atoms with Gasteiger partial charge in [-0.15, -0.1) is 13.2 Å². The second-order valence-electron chi connectivity index (χ2n) is 7.67. The molecule has 27 heavy (non-hydrogen) atoms. The van der Waals surface area contributed by atoms with Crippen molar-refractivity contribution in [2.75, 3.05) is 13.1 Å². The number of rotatable bonds is 0. The first-order valence-electron chi connectivity index (χ1n) is 8.55. The lowest BCUT2D eigenvalue weighted by atomic mass is 9.77. The molecule has 0 aromatic rings. The van der Waals surface area contributed by atoms with Crippen molar-refractivity contribution in [3.05, 3.63) is 0 Å². The number of hydrogen-bond donors (Lipinski definition) is 1. The highest BCUT2D eigenvalue weighted by Gasteiger charge is 2.56. The number of hydrogen-bond acceptors (Lipinski definition) is 6. The maximum absolute atomic E-state index is 13.0. The monoisotopic (exact) mass is 396 g/mol. The maximum atomic E-state index is 13.0. The van der Waals surface area contributed by atoms with Crippen LogP contribution in [0.5, 0.6) is 0 Å². The number of amides is 3. The quantitative estimate of drug-likeness (QED) is 0.676. The summed E-state index contributed by atoms with van der Waals surface area (Å²) in [6.07, 6.45) is -8.53. The third-order valence-corrected chi connectivity index (χ3v) is 4.53. The van der Waals surface area contributed by atoms with Gasteiger partial charge in [0.25, 0.3) is 5.91 Å². The lowest BCUT2D eigenvalue weighted by molar-refractivity contribution is -0.296. The smallest absolute Gasteiger partial charge is 0.443 e. The third-order valence-electron chi connectivity index (χ3n) is 4.53. The Labute approximate surface area is 154 Å². The number of aliphatic hydroxyl groups is 1. The zero-order valence-electron chi connectivity index (χ0n) is 15.3. The van der Waals surface area contributed by atoms with Crippen LogP contribution in [0.15, 0.2) is 0 Å². The SMILES string of the molecule is CC(C)(C)OC(=O)N1CCN(C(=O)OC(F)(F)F)C2(CCC(O)CC2)C1=O. The van der Waals surface area contributed by atoms with E-state index in [4.69, 9.17) is 4.74 Å². The van der Waals surface area contributed by atoms with Crippen molar-refractivity contribution in [1.29, 1.82) is 0 Å². The molecule has 1 saturated carbocycles. The molecule has 11 heteroatoms. The fourth-order valence-corrected chi connectivity index (χ4v) is 3.36. The van der Waals surface area contributed by atoms with Crippen molar-refractivity contribution in [2.24, 2.45) is 0 Å². The second-order valence-corrected chi connectivity index (χ2v) is 7.67. The van der Waals surface area contributed by atoms with E-state index in [-0.39, 0.29) is 38.8 Å². The van der Waals surface area contributed by atoms with Crippen molar-refractivity contribution >= 4 is 18.1 Å². The van der Waals surface area contributed by atoms with Crippen molar-refractivity contribution in [1.82, 2.24) is 9.80 Å². The van der Waals surface area contributed by atoms with E-state index >= 15 is 0 Å². The summed E-state index contributed by atoms with van der Waals surface area (Å²) >= 11 is 0. The zero-order valence-corrected chi connectivity index (χ0v) is 15.3. The molecule has 0 aromatic heterocycles. The molecule has 2 aliphatic rings. The number of halogens is 3. The summed E-state index contributed by atoms with van der Waals surface area (Å²) in [5.41, 5.74) is -2.56. The summed E-state index contributed by atoms with van der Waals surface area (Å²) in [6.45, 7) is 4.19. The number of imide groups is 1. The fourth-order valence-electron chi connectivity index (χ4n) is 3.36. The zero-order chi connectivity index (χ0) is 20.6. The second kappa shape index (κ2) is 7.17. The van der Waals surface area contributed by atoms with Crippen molar-refractivity contribution in [2.45, 2.75) is 70.1 Å². The highest BCUT2D eigenvalue weighted by atomic mass is 19.4. The van der Waals surface area contributed by atoms with Gasteiger partial charge in [0.15, 0.2) is 0 Å². The van der Waals surface area contributed by atoms with Crippen LogP contribution < -0.4 is 0 Å². The molecule has 1 spiro atoms. The normalized spacial score (nSPS) is 26.9. The Morgan fingerprint density at radius 3 is 2.11 bits per heavy atom. The van der Waals surface area contributed by atoms with E-state index in [0.717, 1.165) is 9.80 Å². The number of piperazine rings is 1. The number of nitrogens with zero attached hydrogens (tertiary/aromatic N) is 2. The highest BCUT2D eigenvalue weighted by Crippen LogP contribution is 2.39. The average molecular weight is 396 g/mol. The van der Waals surface area contributed by atoms with E-state index in [2.05, 4.69) is 4.74 Å². The Kier molecular flexibility index (Phi) is 5.65. The minimum atomic E-state index is -5.20. The minimum Gasteiger partial charge on any atom is -0.443 e. The van der Waals surface area contributed by atoms with Gasteiger partial charge in [0.05, 0.1) is 6.10 Å². The van der Waals surface area contributed by atoms with Crippen LogP contribution in [-0.2, 0) is 14.3 Å². The van der Waals surface area contributed by atoms with Gasteiger partial charge >= 0.3 is 18.5 Å². The summed E-state index contributed by atoms with van der Waals surface area (Å²) < 4.78 is 46.1. The number of carbonyl (C=O) groups excluding carboxylic acids is 3. The lowest BCUT2D eigenvalue weighted by Gasteiger charge is -2.50. The van der Waals surface area contributed by atoms with Gasteiger partial charge in [0, 0.05) is 13.1 Å². The first-order chi connectivity index (χ1) is 12.3. The van der Waals surface area contributed by atoms with Gasteiger partial charge in [0.2, 0.25) is 0 Å². The molecule has 1 aliphatic carbocycles. The Morgan fingerprint density at radius 2 is 1.63 bits per heavy atom. The topological polar surface area (TPSA) is 96.4 Å². The Bertz CT molecular complexity index is 608. The molecular formula is C16H23F3N2O6. The van der Waals surface area contributed by atoms with E-state index in [1.54, 1.807) is 20.8 Å². The molecule has 2 rings (SSSR count). The summed E-state index contributed by atoms with van der Waals surface area (Å²) in [6, 6.07) is 0. The van der Waals surface area contributed by atoms with Gasteiger partial charge in [-0.3, -0.25) is 9.69 Å². The van der Waals surface area contributed by atoms with Gasteiger partial charge in [-0.05, 0) is 46.5 Å². The molecule has 1 heterocycles. The number of aliphatic hydroxyl groups excluding tert-OH is 1. The molecule has 0 bridgehead atoms. The van der Waals surface area contributed by atoms with Crippen LogP contribution in [-0.4, -0.2) is 69.7 Å². The van der Waals surface area contributed by atoms with Crippen LogP contribution in [0.1, 0.15) is 46.5 Å². The maximum Gasteiger partial charge on any atom is 0.576 e. The Morgan fingerprint density at radius 1 is 1.07 bits per heavy atom.